The van der Waals surface area contributed by atoms with Crippen molar-refractivity contribution < 1.29 is 4.79 Å². The van der Waals surface area contributed by atoms with Gasteiger partial charge in [-0.15, -0.1) is 0 Å². The van der Waals surface area contributed by atoms with Crippen LogP contribution in [0.5, 0.6) is 0 Å². The summed E-state index contributed by atoms with van der Waals surface area (Å²) >= 11 is 0. The van der Waals surface area contributed by atoms with Gasteiger partial charge in [-0.1, -0.05) is 27.7 Å². The molecule has 0 saturated carbocycles. The first-order valence-corrected chi connectivity index (χ1v) is 10.2. The van der Waals surface area contributed by atoms with Crippen LogP contribution in [0.1, 0.15) is 60.8 Å². The van der Waals surface area contributed by atoms with Gasteiger partial charge in [0.05, 0.1) is 0 Å². The summed E-state index contributed by atoms with van der Waals surface area (Å²) < 4.78 is 0. The fraction of sp³-hybridized carbons (Fsp3) is 0.950. The molecule has 4 heteroatoms. The smallest absolute Gasteiger partial charge is 0.222 e. The highest BCUT2D eigenvalue weighted by Gasteiger charge is 2.25. The number of likely N-dealkylation sites (tertiary alicyclic amines) is 1. The molecule has 2 fully saturated rings. The Labute approximate surface area is 150 Å². The molecule has 2 rings (SSSR count). The predicted octanol–water partition coefficient (Wildman–Crippen LogP) is 3.32. The lowest BCUT2D eigenvalue weighted by atomic mass is 9.95. The van der Waals surface area contributed by atoms with Gasteiger partial charge in [-0.2, -0.15) is 0 Å². The van der Waals surface area contributed by atoms with Crippen LogP contribution in [0.25, 0.3) is 0 Å². The molecule has 2 aliphatic rings. The molecule has 0 radical (unpaired) electrons. The molecule has 1 atom stereocenters. The van der Waals surface area contributed by atoms with Crippen LogP contribution < -0.4 is 0 Å². The zero-order valence-electron chi connectivity index (χ0n) is 17.1. The Hall–Kier alpha value is -0.610. The number of piperazine rings is 1. The number of rotatable bonds is 6. The van der Waals surface area contributed by atoms with Crippen LogP contribution in [-0.2, 0) is 4.79 Å². The molecular formula is C20H41N3O. The van der Waals surface area contributed by atoms with Crippen molar-refractivity contribution >= 4 is 5.91 Å². The summed E-state index contributed by atoms with van der Waals surface area (Å²) in [6.07, 6.45) is 3.08. The van der Waals surface area contributed by atoms with Gasteiger partial charge in [0.1, 0.15) is 0 Å². The van der Waals surface area contributed by atoms with Crippen molar-refractivity contribution in [1.82, 2.24) is 14.7 Å². The molecule has 0 aromatic rings. The van der Waals surface area contributed by atoms with Crippen molar-refractivity contribution in [2.24, 2.45) is 11.8 Å². The molecule has 142 valence electrons. The monoisotopic (exact) mass is 339 g/mol. The molecule has 2 aliphatic heterocycles. The first-order chi connectivity index (χ1) is 11.5. The lowest BCUT2D eigenvalue weighted by Gasteiger charge is -2.37. The third-order valence-electron chi connectivity index (χ3n) is 5.51. The van der Waals surface area contributed by atoms with Crippen LogP contribution in [0.3, 0.4) is 0 Å². The number of nitrogens with zero attached hydrogens (tertiary/aromatic N) is 3. The zero-order valence-corrected chi connectivity index (χ0v) is 17.1. The van der Waals surface area contributed by atoms with Crippen molar-refractivity contribution in [3.05, 3.63) is 0 Å². The van der Waals surface area contributed by atoms with Gasteiger partial charge in [0.25, 0.3) is 0 Å². The van der Waals surface area contributed by atoms with Gasteiger partial charge >= 0.3 is 0 Å². The van der Waals surface area contributed by atoms with E-state index in [-0.39, 0.29) is 0 Å². The van der Waals surface area contributed by atoms with Gasteiger partial charge in [-0.3, -0.25) is 9.69 Å². The van der Waals surface area contributed by atoms with E-state index < -0.39 is 0 Å². The van der Waals surface area contributed by atoms with Crippen molar-refractivity contribution in [2.75, 3.05) is 45.8 Å². The number of hydrogen-bond donors (Lipinski definition) is 0. The molecule has 0 N–H and O–H groups in total. The molecule has 0 aromatic heterocycles. The summed E-state index contributed by atoms with van der Waals surface area (Å²) in [6, 6.07) is 0.598. The van der Waals surface area contributed by atoms with E-state index in [4.69, 9.17) is 0 Å². The SMILES string of the molecule is CC.CC(C)C1CCN(CCCC(=O)N2CCN(C(C)C)CC2)C1. The molecule has 0 spiro atoms. The van der Waals surface area contributed by atoms with Gasteiger partial charge in [-0.25, -0.2) is 0 Å². The molecule has 0 aromatic carbocycles. The summed E-state index contributed by atoms with van der Waals surface area (Å²) in [5, 5.41) is 0. The van der Waals surface area contributed by atoms with E-state index in [9.17, 15) is 4.79 Å². The molecule has 4 nitrogen and oxygen atoms in total. The summed E-state index contributed by atoms with van der Waals surface area (Å²) in [6.45, 7) is 20.6. The Balaban J connectivity index is 0.00000139. The average molecular weight is 340 g/mol. The van der Waals surface area contributed by atoms with E-state index in [1.807, 2.05) is 13.8 Å². The Morgan fingerprint density at radius 1 is 1.00 bits per heavy atom. The average Bonchev–Trinajstić information content (AvgIpc) is 3.06. The molecule has 1 amide bonds. The number of amides is 1. The highest BCUT2D eigenvalue weighted by molar-refractivity contribution is 5.76. The lowest BCUT2D eigenvalue weighted by Crippen LogP contribution is -2.50. The zero-order chi connectivity index (χ0) is 18.1. The van der Waals surface area contributed by atoms with Crippen molar-refractivity contribution in [2.45, 2.75) is 66.8 Å². The second-order valence-corrected chi connectivity index (χ2v) is 7.71. The van der Waals surface area contributed by atoms with E-state index in [1.54, 1.807) is 0 Å². The van der Waals surface area contributed by atoms with Gasteiger partial charge in [0, 0.05) is 45.2 Å². The van der Waals surface area contributed by atoms with Crippen molar-refractivity contribution in [3.8, 4) is 0 Å². The first-order valence-electron chi connectivity index (χ1n) is 10.2. The van der Waals surface area contributed by atoms with Gasteiger partial charge in [0.2, 0.25) is 5.91 Å². The number of carbonyl (C=O) groups excluding carboxylic acids is 1. The fourth-order valence-corrected chi connectivity index (χ4v) is 3.71. The highest BCUT2D eigenvalue weighted by atomic mass is 16.2. The third-order valence-corrected chi connectivity index (χ3v) is 5.51. The van der Waals surface area contributed by atoms with Crippen LogP contribution in [0, 0.1) is 11.8 Å². The standard InChI is InChI=1S/C18H35N3O.C2H6/c1-15(2)17-7-9-19(14-17)8-5-6-18(22)21-12-10-20(11-13-21)16(3)4;1-2/h15-17H,5-14H2,1-4H3;1-2H3. The molecule has 2 heterocycles. The molecule has 0 aliphatic carbocycles. The van der Waals surface area contributed by atoms with E-state index in [0.29, 0.717) is 11.9 Å². The second kappa shape index (κ2) is 11.1. The van der Waals surface area contributed by atoms with Gasteiger partial charge in [-0.05, 0) is 51.6 Å². The van der Waals surface area contributed by atoms with Crippen molar-refractivity contribution in [1.29, 1.82) is 0 Å². The summed E-state index contributed by atoms with van der Waals surface area (Å²) in [5.74, 6) is 2.02. The van der Waals surface area contributed by atoms with Crippen LogP contribution >= 0.6 is 0 Å². The van der Waals surface area contributed by atoms with Crippen molar-refractivity contribution in [3.63, 3.8) is 0 Å². The minimum Gasteiger partial charge on any atom is -0.340 e. The summed E-state index contributed by atoms with van der Waals surface area (Å²) in [5.41, 5.74) is 0. The number of carbonyl (C=O) groups is 1. The maximum absolute atomic E-state index is 12.3. The highest BCUT2D eigenvalue weighted by Crippen LogP contribution is 2.23. The van der Waals surface area contributed by atoms with Crippen LogP contribution in [0.4, 0.5) is 0 Å². The van der Waals surface area contributed by atoms with E-state index in [1.165, 1.54) is 19.5 Å². The van der Waals surface area contributed by atoms with E-state index in [2.05, 4.69) is 42.4 Å². The van der Waals surface area contributed by atoms with E-state index >= 15 is 0 Å². The maximum Gasteiger partial charge on any atom is 0.222 e. The van der Waals surface area contributed by atoms with Crippen LogP contribution in [0.15, 0.2) is 0 Å². The predicted molar refractivity (Wildman–Crippen MR) is 103 cm³/mol. The second-order valence-electron chi connectivity index (χ2n) is 7.71. The minimum atomic E-state index is 0.364. The molecular weight excluding hydrogens is 298 g/mol. The Morgan fingerprint density at radius 2 is 1.62 bits per heavy atom. The van der Waals surface area contributed by atoms with E-state index in [0.717, 1.165) is 57.4 Å². The van der Waals surface area contributed by atoms with Crippen LogP contribution in [-0.4, -0.2) is 72.5 Å². The largest absolute Gasteiger partial charge is 0.340 e. The Morgan fingerprint density at radius 3 is 2.12 bits per heavy atom. The van der Waals surface area contributed by atoms with Crippen LogP contribution in [0.2, 0.25) is 0 Å². The first kappa shape index (κ1) is 21.4. The summed E-state index contributed by atoms with van der Waals surface area (Å²) in [7, 11) is 0. The maximum atomic E-state index is 12.3. The molecule has 24 heavy (non-hydrogen) atoms. The molecule has 2 saturated heterocycles. The Kier molecular flexibility index (Phi) is 9.91. The molecule has 0 bridgehead atoms. The number of hydrogen-bond acceptors (Lipinski definition) is 3. The van der Waals surface area contributed by atoms with Gasteiger partial charge in [0.15, 0.2) is 0 Å². The van der Waals surface area contributed by atoms with Gasteiger partial charge < -0.3 is 9.80 Å². The fourth-order valence-electron chi connectivity index (χ4n) is 3.71. The quantitative estimate of drug-likeness (QED) is 0.743. The topological polar surface area (TPSA) is 26.8 Å². The summed E-state index contributed by atoms with van der Waals surface area (Å²) in [4.78, 5) is 19.4. The Bertz CT molecular complexity index is 349. The lowest BCUT2D eigenvalue weighted by molar-refractivity contribution is -0.133. The minimum absolute atomic E-state index is 0.364. The normalized spacial score (nSPS) is 22.8. The molecule has 1 unspecified atom stereocenters. The third kappa shape index (κ3) is 6.72.